The largest absolute Gasteiger partial charge is 0.494 e. The maximum Gasteiger partial charge on any atom is 0.193 e. The van der Waals surface area contributed by atoms with Crippen molar-refractivity contribution in [3.05, 3.63) is 18.2 Å². The summed E-state index contributed by atoms with van der Waals surface area (Å²) in [7, 11) is 1.73. The van der Waals surface area contributed by atoms with Crippen LogP contribution in [0.25, 0.3) is 0 Å². The molecule has 3 N–H and O–H groups in total. The molecule has 0 bridgehead atoms. The van der Waals surface area contributed by atoms with Gasteiger partial charge in [-0.05, 0) is 38.8 Å². The second-order valence-corrected chi connectivity index (χ2v) is 6.18. The van der Waals surface area contributed by atoms with Gasteiger partial charge in [-0.3, -0.25) is 9.89 Å². The fraction of sp³-hybridized carbons (Fsp3) is 0.632. The van der Waals surface area contributed by atoms with Crippen LogP contribution < -0.4 is 20.5 Å². The van der Waals surface area contributed by atoms with Gasteiger partial charge in [-0.2, -0.15) is 0 Å². The van der Waals surface area contributed by atoms with Crippen molar-refractivity contribution < 1.29 is 14.2 Å². The molecule has 0 atom stereocenters. The second kappa shape index (κ2) is 10.9. The van der Waals surface area contributed by atoms with Gasteiger partial charge in [-0.25, -0.2) is 0 Å². The Morgan fingerprint density at radius 1 is 1.23 bits per heavy atom. The highest BCUT2D eigenvalue weighted by Gasteiger charge is 2.28. The van der Waals surface area contributed by atoms with Gasteiger partial charge in [0.15, 0.2) is 5.96 Å². The quantitative estimate of drug-likeness (QED) is 0.438. The molecule has 0 amide bonds. The molecule has 1 aliphatic carbocycles. The van der Waals surface area contributed by atoms with Gasteiger partial charge < -0.3 is 25.3 Å². The van der Waals surface area contributed by atoms with Crippen LogP contribution >= 0.6 is 0 Å². The average molecular weight is 364 g/mol. The fourth-order valence-electron chi connectivity index (χ4n) is 2.75. The van der Waals surface area contributed by atoms with Crippen LogP contribution in [-0.2, 0) is 4.74 Å². The SMILES string of the molecule is CCOc1ccc(OCC)c(NC(N)=NCCN(CCOC)C2CC2)c1. The van der Waals surface area contributed by atoms with Gasteiger partial charge in [0, 0.05) is 32.3 Å². The predicted octanol–water partition coefficient (Wildman–Crippen LogP) is 2.32. The van der Waals surface area contributed by atoms with Crippen LogP contribution in [0.3, 0.4) is 0 Å². The topological polar surface area (TPSA) is 81.3 Å². The van der Waals surface area contributed by atoms with Gasteiger partial charge in [-0.15, -0.1) is 0 Å². The Morgan fingerprint density at radius 2 is 2.00 bits per heavy atom. The zero-order valence-electron chi connectivity index (χ0n) is 16.2. The first-order chi connectivity index (χ1) is 12.7. The van der Waals surface area contributed by atoms with Gasteiger partial charge in [0.2, 0.25) is 0 Å². The van der Waals surface area contributed by atoms with Crippen LogP contribution in [0.2, 0.25) is 0 Å². The Hall–Kier alpha value is -1.99. The summed E-state index contributed by atoms with van der Waals surface area (Å²) >= 11 is 0. The Balaban J connectivity index is 1.93. The van der Waals surface area contributed by atoms with Crippen molar-refractivity contribution in [2.24, 2.45) is 10.7 Å². The molecular weight excluding hydrogens is 332 g/mol. The number of guanidine groups is 1. The molecule has 146 valence electrons. The standard InChI is InChI=1S/C19H32N4O3/c1-4-25-16-8-9-18(26-5-2)17(14-16)22-19(20)21-10-11-23(12-13-24-3)15-6-7-15/h8-9,14-15H,4-7,10-13H2,1-3H3,(H3,20,21,22). The highest BCUT2D eigenvalue weighted by molar-refractivity contribution is 5.94. The summed E-state index contributed by atoms with van der Waals surface area (Å²) < 4.78 is 16.4. The van der Waals surface area contributed by atoms with Crippen molar-refractivity contribution in [3.63, 3.8) is 0 Å². The monoisotopic (exact) mass is 364 g/mol. The Labute approximate surface area is 156 Å². The summed E-state index contributed by atoms with van der Waals surface area (Å²) in [5.41, 5.74) is 6.83. The fourth-order valence-corrected chi connectivity index (χ4v) is 2.75. The number of nitrogens with two attached hydrogens (primary N) is 1. The molecular formula is C19H32N4O3. The number of hydrogen-bond donors (Lipinski definition) is 2. The van der Waals surface area contributed by atoms with Crippen molar-refractivity contribution in [3.8, 4) is 11.5 Å². The van der Waals surface area contributed by atoms with Crippen molar-refractivity contribution in [1.29, 1.82) is 0 Å². The van der Waals surface area contributed by atoms with Gasteiger partial charge in [0.25, 0.3) is 0 Å². The van der Waals surface area contributed by atoms with E-state index in [9.17, 15) is 0 Å². The van der Waals surface area contributed by atoms with E-state index in [1.54, 1.807) is 7.11 Å². The number of hydrogen-bond acceptors (Lipinski definition) is 5. The molecule has 1 fully saturated rings. The maximum absolute atomic E-state index is 6.07. The van der Waals surface area contributed by atoms with Gasteiger partial charge in [-0.1, -0.05) is 0 Å². The summed E-state index contributed by atoms with van der Waals surface area (Å²) in [6, 6.07) is 6.33. The highest BCUT2D eigenvalue weighted by atomic mass is 16.5. The molecule has 1 aliphatic rings. The average Bonchev–Trinajstić information content (AvgIpc) is 3.45. The third-order valence-electron chi connectivity index (χ3n) is 4.14. The molecule has 2 rings (SSSR count). The summed E-state index contributed by atoms with van der Waals surface area (Å²) in [4.78, 5) is 6.88. The van der Waals surface area contributed by atoms with E-state index in [1.807, 2.05) is 32.0 Å². The van der Waals surface area contributed by atoms with Crippen LogP contribution in [0, 0.1) is 0 Å². The maximum atomic E-state index is 6.07. The predicted molar refractivity (Wildman–Crippen MR) is 105 cm³/mol. The highest BCUT2D eigenvalue weighted by Crippen LogP contribution is 2.29. The molecule has 0 radical (unpaired) electrons. The van der Waals surface area contributed by atoms with E-state index in [0.717, 1.165) is 36.9 Å². The summed E-state index contributed by atoms with van der Waals surface area (Å²) in [6.45, 7) is 8.30. The number of ether oxygens (including phenoxy) is 3. The number of nitrogens with one attached hydrogen (secondary N) is 1. The van der Waals surface area contributed by atoms with Crippen molar-refractivity contribution in [2.75, 3.05) is 51.9 Å². The van der Waals surface area contributed by atoms with E-state index in [2.05, 4.69) is 15.2 Å². The molecule has 0 aliphatic heterocycles. The number of rotatable bonds is 12. The first-order valence-corrected chi connectivity index (χ1v) is 9.37. The molecule has 1 saturated carbocycles. The lowest BCUT2D eigenvalue weighted by Gasteiger charge is -2.20. The third kappa shape index (κ3) is 6.72. The first-order valence-electron chi connectivity index (χ1n) is 9.37. The van der Waals surface area contributed by atoms with Crippen LogP contribution in [0.1, 0.15) is 26.7 Å². The number of benzene rings is 1. The molecule has 0 heterocycles. The lowest BCUT2D eigenvalue weighted by molar-refractivity contribution is 0.145. The Bertz CT molecular complexity index is 576. The number of methoxy groups -OCH3 is 1. The Kier molecular flexibility index (Phi) is 8.50. The molecule has 7 nitrogen and oxygen atoms in total. The van der Waals surface area contributed by atoms with E-state index in [0.29, 0.717) is 31.8 Å². The van der Waals surface area contributed by atoms with E-state index in [-0.39, 0.29) is 0 Å². The zero-order chi connectivity index (χ0) is 18.8. The lowest BCUT2D eigenvalue weighted by atomic mass is 10.2. The van der Waals surface area contributed by atoms with E-state index >= 15 is 0 Å². The van der Waals surface area contributed by atoms with Gasteiger partial charge in [0.05, 0.1) is 32.1 Å². The van der Waals surface area contributed by atoms with Crippen molar-refractivity contribution >= 4 is 11.6 Å². The van der Waals surface area contributed by atoms with E-state index < -0.39 is 0 Å². The summed E-state index contributed by atoms with van der Waals surface area (Å²) in [5.74, 6) is 1.88. The smallest absolute Gasteiger partial charge is 0.193 e. The molecule has 1 aromatic rings. The van der Waals surface area contributed by atoms with Crippen molar-refractivity contribution in [1.82, 2.24) is 4.90 Å². The minimum atomic E-state index is 0.377. The van der Waals surface area contributed by atoms with Gasteiger partial charge in [0.1, 0.15) is 11.5 Å². The second-order valence-electron chi connectivity index (χ2n) is 6.18. The van der Waals surface area contributed by atoms with E-state index in [1.165, 1.54) is 12.8 Å². The first kappa shape index (κ1) is 20.3. The van der Waals surface area contributed by atoms with Crippen molar-refractivity contribution in [2.45, 2.75) is 32.7 Å². The third-order valence-corrected chi connectivity index (χ3v) is 4.14. The van der Waals surface area contributed by atoms with Crippen LogP contribution in [0.5, 0.6) is 11.5 Å². The minimum Gasteiger partial charge on any atom is -0.494 e. The Morgan fingerprint density at radius 3 is 2.65 bits per heavy atom. The molecule has 26 heavy (non-hydrogen) atoms. The van der Waals surface area contributed by atoms with Crippen LogP contribution in [0.4, 0.5) is 5.69 Å². The number of anilines is 1. The minimum absolute atomic E-state index is 0.377. The van der Waals surface area contributed by atoms with Crippen LogP contribution in [-0.4, -0.2) is 63.5 Å². The molecule has 0 saturated heterocycles. The lowest BCUT2D eigenvalue weighted by Crippen LogP contribution is -2.33. The molecule has 0 aromatic heterocycles. The van der Waals surface area contributed by atoms with Gasteiger partial charge >= 0.3 is 0 Å². The number of nitrogens with zero attached hydrogens (tertiary/aromatic N) is 2. The van der Waals surface area contributed by atoms with E-state index in [4.69, 9.17) is 19.9 Å². The molecule has 7 heteroatoms. The molecule has 0 spiro atoms. The van der Waals surface area contributed by atoms with Crippen LogP contribution in [0.15, 0.2) is 23.2 Å². The number of aliphatic imine (C=N–C) groups is 1. The zero-order valence-corrected chi connectivity index (χ0v) is 16.2. The molecule has 0 unspecified atom stereocenters. The molecule has 1 aromatic carbocycles. The normalized spacial score (nSPS) is 14.5. The summed E-state index contributed by atoms with van der Waals surface area (Å²) in [6.07, 6.45) is 2.53. The summed E-state index contributed by atoms with van der Waals surface area (Å²) in [5, 5.41) is 3.14.